The van der Waals surface area contributed by atoms with E-state index in [0.717, 1.165) is 12.8 Å². The Morgan fingerprint density at radius 2 is 1.74 bits per heavy atom. The number of nitrogens with one attached hydrogen (secondary N) is 1. The molecule has 3 rings (SSSR count). The molecule has 23 heavy (non-hydrogen) atoms. The van der Waals surface area contributed by atoms with Gasteiger partial charge < -0.3 is 10.2 Å². The zero-order valence-electron chi connectivity index (χ0n) is 14.4. The van der Waals surface area contributed by atoms with Crippen molar-refractivity contribution >= 4 is 18.3 Å². The monoisotopic (exact) mass is 336 g/mol. The summed E-state index contributed by atoms with van der Waals surface area (Å²) in [6.07, 6.45) is 5.36. The van der Waals surface area contributed by atoms with E-state index in [2.05, 4.69) is 43.4 Å². The smallest absolute Gasteiger partial charge is 0.223 e. The summed E-state index contributed by atoms with van der Waals surface area (Å²) in [5.74, 6) is 0.278. The van der Waals surface area contributed by atoms with Gasteiger partial charge in [-0.3, -0.25) is 4.79 Å². The van der Waals surface area contributed by atoms with Crippen molar-refractivity contribution in [2.45, 2.75) is 69.5 Å². The van der Waals surface area contributed by atoms with Gasteiger partial charge in [0.1, 0.15) is 0 Å². The molecular weight excluding hydrogens is 308 g/mol. The van der Waals surface area contributed by atoms with Gasteiger partial charge in [0.25, 0.3) is 0 Å². The number of nitrogens with zero attached hydrogens (tertiary/aromatic N) is 1. The molecule has 2 bridgehead atoms. The van der Waals surface area contributed by atoms with Gasteiger partial charge in [-0.2, -0.15) is 0 Å². The highest BCUT2D eigenvalue weighted by Gasteiger charge is 2.37. The summed E-state index contributed by atoms with van der Waals surface area (Å²) in [4.78, 5) is 14.8. The zero-order chi connectivity index (χ0) is 15.7. The fourth-order valence-electron chi connectivity index (χ4n) is 4.04. The largest absolute Gasteiger partial charge is 0.343 e. The molecule has 1 N–H and O–H groups in total. The first kappa shape index (κ1) is 18.3. The molecule has 1 aromatic rings. The van der Waals surface area contributed by atoms with Gasteiger partial charge in [0.2, 0.25) is 5.91 Å². The van der Waals surface area contributed by atoms with E-state index in [-0.39, 0.29) is 23.7 Å². The van der Waals surface area contributed by atoms with Crippen molar-refractivity contribution in [3.8, 4) is 0 Å². The molecule has 0 radical (unpaired) electrons. The third-order valence-electron chi connectivity index (χ3n) is 5.54. The third-order valence-corrected chi connectivity index (χ3v) is 5.54. The first-order valence-electron chi connectivity index (χ1n) is 8.53. The minimum atomic E-state index is -0.113. The van der Waals surface area contributed by atoms with Crippen LogP contribution in [0, 0.1) is 0 Å². The van der Waals surface area contributed by atoms with E-state index >= 15 is 0 Å². The second kappa shape index (κ2) is 7.23. The summed E-state index contributed by atoms with van der Waals surface area (Å²) in [5.41, 5.74) is 1.13. The van der Waals surface area contributed by atoms with Gasteiger partial charge in [-0.15, -0.1) is 12.4 Å². The van der Waals surface area contributed by atoms with Crippen molar-refractivity contribution < 1.29 is 4.79 Å². The number of rotatable bonds is 4. The number of piperidine rings is 1. The molecule has 1 amide bonds. The quantitative estimate of drug-likeness (QED) is 0.912. The van der Waals surface area contributed by atoms with Gasteiger partial charge in [-0.05, 0) is 36.7 Å². The summed E-state index contributed by atoms with van der Waals surface area (Å²) in [5, 5.41) is 3.65. The van der Waals surface area contributed by atoms with Gasteiger partial charge >= 0.3 is 0 Å². The SMILES string of the molecule is CN(C(=O)CC(C)(C)c1ccccc1)C1CC2CCC(C1)N2.Cl. The van der Waals surface area contributed by atoms with Gasteiger partial charge in [-0.1, -0.05) is 44.2 Å². The van der Waals surface area contributed by atoms with Crippen LogP contribution in [0.25, 0.3) is 0 Å². The highest BCUT2D eigenvalue weighted by Crippen LogP contribution is 2.32. The van der Waals surface area contributed by atoms with Crippen molar-refractivity contribution in [1.29, 1.82) is 0 Å². The Hall–Kier alpha value is -1.06. The van der Waals surface area contributed by atoms with Gasteiger partial charge in [0.05, 0.1) is 0 Å². The van der Waals surface area contributed by atoms with Gasteiger partial charge in [0.15, 0.2) is 0 Å². The molecule has 1 aromatic carbocycles. The Morgan fingerprint density at radius 1 is 1.17 bits per heavy atom. The Labute approximate surface area is 146 Å². The lowest BCUT2D eigenvalue weighted by atomic mass is 9.81. The van der Waals surface area contributed by atoms with Crippen LogP contribution in [0.4, 0.5) is 0 Å². The standard InChI is InChI=1S/C19H28N2O.ClH/c1-19(2,14-7-5-4-6-8-14)13-18(22)21(3)17-11-15-9-10-16(12-17)20-15;/h4-8,15-17,20H,9-13H2,1-3H3;1H. The number of amides is 1. The summed E-state index contributed by atoms with van der Waals surface area (Å²) in [6.45, 7) is 4.33. The second-order valence-corrected chi connectivity index (χ2v) is 7.69. The third kappa shape index (κ3) is 4.07. The van der Waals surface area contributed by atoms with Crippen molar-refractivity contribution in [3.05, 3.63) is 35.9 Å². The first-order valence-corrected chi connectivity index (χ1v) is 8.53. The number of carbonyl (C=O) groups is 1. The van der Waals surface area contributed by atoms with Crippen LogP contribution in [0.1, 0.15) is 51.5 Å². The van der Waals surface area contributed by atoms with E-state index in [9.17, 15) is 4.79 Å². The minimum Gasteiger partial charge on any atom is -0.343 e. The maximum absolute atomic E-state index is 12.8. The summed E-state index contributed by atoms with van der Waals surface area (Å²) < 4.78 is 0. The number of fused-ring (bicyclic) bond motifs is 2. The maximum Gasteiger partial charge on any atom is 0.223 e. The molecule has 2 saturated heterocycles. The van der Waals surface area contributed by atoms with E-state index in [0.29, 0.717) is 24.5 Å². The predicted molar refractivity (Wildman–Crippen MR) is 97.1 cm³/mol. The lowest BCUT2D eigenvalue weighted by Gasteiger charge is -2.37. The van der Waals surface area contributed by atoms with E-state index in [1.165, 1.54) is 18.4 Å². The number of hydrogen-bond acceptors (Lipinski definition) is 2. The van der Waals surface area contributed by atoms with Crippen molar-refractivity contribution in [2.24, 2.45) is 0 Å². The average Bonchev–Trinajstić information content (AvgIpc) is 2.85. The van der Waals surface area contributed by atoms with Crippen LogP contribution in [0.15, 0.2) is 30.3 Å². The molecule has 128 valence electrons. The topological polar surface area (TPSA) is 32.3 Å². The van der Waals surface area contributed by atoms with Crippen molar-refractivity contribution in [3.63, 3.8) is 0 Å². The molecule has 2 aliphatic rings. The molecule has 0 spiro atoms. The molecule has 4 heteroatoms. The molecule has 0 aliphatic carbocycles. The van der Waals surface area contributed by atoms with Crippen LogP contribution in [0.5, 0.6) is 0 Å². The Bertz CT molecular complexity index is 519. The fraction of sp³-hybridized carbons (Fsp3) is 0.632. The average molecular weight is 337 g/mol. The molecule has 3 nitrogen and oxygen atoms in total. The number of benzene rings is 1. The second-order valence-electron chi connectivity index (χ2n) is 7.69. The molecule has 0 aromatic heterocycles. The van der Waals surface area contributed by atoms with E-state index in [4.69, 9.17) is 0 Å². The number of hydrogen-bond donors (Lipinski definition) is 1. The fourth-order valence-corrected chi connectivity index (χ4v) is 4.04. The lowest BCUT2D eigenvalue weighted by Crippen LogP contribution is -2.49. The van der Waals surface area contributed by atoms with Crippen LogP contribution in [-0.4, -0.2) is 36.0 Å². The van der Waals surface area contributed by atoms with Crippen LogP contribution in [0.2, 0.25) is 0 Å². The van der Waals surface area contributed by atoms with Crippen LogP contribution >= 0.6 is 12.4 Å². The zero-order valence-corrected chi connectivity index (χ0v) is 15.2. The van der Waals surface area contributed by atoms with Gasteiger partial charge in [-0.25, -0.2) is 0 Å². The Morgan fingerprint density at radius 3 is 2.30 bits per heavy atom. The van der Waals surface area contributed by atoms with Gasteiger partial charge in [0, 0.05) is 31.6 Å². The normalized spacial score (nSPS) is 26.5. The Kier molecular flexibility index (Phi) is 5.74. The summed E-state index contributed by atoms with van der Waals surface area (Å²) in [7, 11) is 2.00. The predicted octanol–water partition coefficient (Wildman–Crippen LogP) is 3.52. The molecule has 2 aliphatic heterocycles. The molecule has 2 fully saturated rings. The molecule has 2 atom stereocenters. The minimum absolute atomic E-state index is 0. The maximum atomic E-state index is 12.8. The van der Waals surface area contributed by atoms with E-state index in [1.54, 1.807) is 0 Å². The number of carbonyl (C=O) groups excluding carboxylic acids is 1. The number of halogens is 1. The van der Waals surface area contributed by atoms with Crippen LogP contribution in [-0.2, 0) is 10.2 Å². The summed E-state index contributed by atoms with van der Waals surface area (Å²) >= 11 is 0. The summed E-state index contributed by atoms with van der Waals surface area (Å²) in [6, 6.07) is 12.0. The van der Waals surface area contributed by atoms with E-state index in [1.807, 2.05) is 18.0 Å². The van der Waals surface area contributed by atoms with Crippen LogP contribution in [0.3, 0.4) is 0 Å². The first-order chi connectivity index (χ1) is 10.5. The van der Waals surface area contributed by atoms with Crippen molar-refractivity contribution in [2.75, 3.05) is 7.05 Å². The molecule has 2 heterocycles. The molecular formula is C19H29ClN2O. The highest BCUT2D eigenvalue weighted by atomic mass is 35.5. The Balaban J connectivity index is 0.00000192. The van der Waals surface area contributed by atoms with Crippen LogP contribution < -0.4 is 5.32 Å². The molecule has 0 saturated carbocycles. The van der Waals surface area contributed by atoms with Crippen molar-refractivity contribution in [1.82, 2.24) is 10.2 Å². The molecule has 2 unspecified atom stereocenters. The lowest BCUT2D eigenvalue weighted by molar-refractivity contribution is -0.133. The van der Waals surface area contributed by atoms with E-state index < -0.39 is 0 Å². The highest BCUT2D eigenvalue weighted by molar-refractivity contribution is 5.85.